The van der Waals surface area contributed by atoms with Gasteiger partial charge in [-0.15, -0.1) is 0 Å². The molecule has 0 aromatic carbocycles. The van der Waals surface area contributed by atoms with Crippen molar-refractivity contribution in [3.05, 3.63) is 18.0 Å². The summed E-state index contributed by atoms with van der Waals surface area (Å²) < 4.78 is 7.27. The fourth-order valence-corrected chi connectivity index (χ4v) is 1.68. The zero-order valence-corrected chi connectivity index (χ0v) is 10.0. The Morgan fingerprint density at radius 2 is 2.19 bits per heavy atom. The maximum atomic E-state index is 5.29. The average molecular weight is 224 g/mol. The lowest BCUT2D eigenvalue weighted by atomic mass is 10.3. The molecule has 1 aromatic rings. The van der Waals surface area contributed by atoms with Gasteiger partial charge in [0, 0.05) is 37.4 Å². The molecule has 1 saturated heterocycles. The molecule has 0 atom stereocenters. The number of hydrogen-bond donors (Lipinski definition) is 1. The number of nitrogens with zero attached hydrogens (tertiary/aromatic N) is 3. The lowest BCUT2D eigenvalue weighted by Crippen LogP contribution is -2.45. The molecular formula is C11H20N4O. The standard InChI is InChI=1S/C11H20N4O/c1-10(2)15-9-11(8-13-15)7-12-14-3-5-16-6-4-14/h8-10,12H,3-7H2,1-2H3. The minimum Gasteiger partial charge on any atom is -0.379 e. The quantitative estimate of drug-likeness (QED) is 0.821. The maximum absolute atomic E-state index is 5.29. The number of ether oxygens (including phenoxy) is 1. The molecule has 16 heavy (non-hydrogen) atoms. The minimum atomic E-state index is 0.428. The monoisotopic (exact) mass is 224 g/mol. The fraction of sp³-hybridized carbons (Fsp3) is 0.727. The van der Waals surface area contributed by atoms with E-state index in [1.807, 2.05) is 10.9 Å². The summed E-state index contributed by atoms with van der Waals surface area (Å²) in [7, 11) is 0. The van der Waals surface area contributed by atoms with Gasteiger partial charge in [-0.3, -0.25) is 10.1 Å². The fourth-order valence-electron chi connectivity index (χ4n) is 1.68. The Hall–Kier alpha value is -0.910. The molecule has 1 fully saturated rings. The maximum Gasteiger partial charge on any atom is 0.0608 e. The van der Waals surface area contributed by atoms with Crippen molar-refractivity contribution in [2.24, 2.45) is 0 Å². The van der Waals surface area contributed by atoms with Crippen molar-refractivity contribution in [2.45, 2.75) is 26.4 Å². The van der Waals surface area contributed by atoms with Gasteiger partial charge in [0.25, 0.3) is 0 Å². The summed E-state index contributed by atoms with van der Waals surface area (Å²) in [4.78, 5) is 0. The van der Waals surface area contributed by atoms with Crippen LogP contribution >= 0.6 is 0 Å². The summed E-state index contributed by atoms with van der Waals surface area (Å²) in [6.07, 6.45) is 4.02. The second-order valence-electron chi connectivity index (χ2n) is 4.36. The first-order valence-corrected chi connectivity index (χ1v) is 5.85. The van der Waals surface area contributed by atoms with Crippen molar-refractivity contribution < 1.29 is 4.74 Å². The van der Waals surface area contributed by atoms with E-state index in [0.29, 0.717) is 6.04 Å². The number of hydrogen-bond acceptors (Lipinski definition) is 4. The zero-order chi connectivity index (χ0) is 11.4. The molecule has 0 unspecified atom stereocenters. The van der Waals surface area contributed by atoms with Gasteiger partial charge in [-0.1, -0.05) is 0 Å². The molecule has 5 nitrogen and oxygen atoms in total. The van der Waals surface area contributed by atoms with Gasteiger partial charge in [-0.2, -0.15) is 5.10 Å². The second-order valence-corrected chi connectivity index (χ2v) is 4.36. The predicted octanol–water partition coefficient (Wildman–Crippen LogP) is 0.801. The van der Waals surface area contributed by atoms with E-state index >= 15 is 0 Å². The first kappa shape index (κ1) is 11.6. The van der Waals surface area contributed by atoms with Gasteiger partial charge in [0.15, 0.2) is 0 Å². The van der Waals surface area contributed by atoms with Gasteiger partial charge in [0.1, 0.15) is 0 Å². The Balaban J connectivity index is 1.79. The van der Waals surface area contributed by atoms with Crippen LogP contribution in [0.2, 0.25) is 0 Å². The Morgan fingerprint density at radius 1 is 1.44 bits per heavy atom. The summed E-state index contributed by atoms with van der Waals surface area (Å²) in [6.45, 7) is 8.65. The molecule has 1 aromatic heterocycles. The van der Waals surface area contributed by atoms with E-state index in [2.05, 4.69) is 35.6 Å². The molecule has 1 aliphatic heterocycles. The molecule has 0 saturated carbocycles. The van der Waals surface area contributed by atoms with Gasteiger partial charge >= 0.3 is 0 Å². The summed E-state index contributed by atoms with van der Waals surface area (Å²) in [5.41, 5.74) is 4.61. The van der Waals surface area contributed by atoms with Gasteiger partial charge in [-0.25, -0.2) is 5.01 Å². The van der Waals surface area contributed by atoms with Crippen molar-refractivity contribution >= 4 is 0 Å². The van der Waals surface area contributed by atoms with Crippen molar-refractivity contribution in [3.8, 4) is 0 Å². The molecule has 1 aliphatic rings. The highest BCUT2D eigenvalue weighted by atomic mass is 16.5. The number of aromatic nitrogens is 2. The third-order valence-electron chi connectivity index (χ3n) is 2.70. The van der Waals surface area contributed by atoms with E-state index in [1.54, 1.807) is 0 Å². The van der Waals surface area contributed by atoms with E-state index in [0.717, 1.165) is 32.8 Å². The van der Waals surface area contributed by atoms with Gasteiger partial charge in [0.2, 0.25) is 0 Å². The van der Waals surface area contributed by atoms with E-state index in [1.165, 1.54) is 5.56 Å². The normalized spacial score (nSPS) is 18.2. The van der Waals surface area contributed by atoms with Crippen LogP contribution in [-0.2, 0) is 11.3 Å². The van der Waals surface area contributed by atoms with Crippen LogP contribution < -0.4 is 5.43 Å². The average Bonchev–Trinajstić information content (AvgIpc) is 2.76. The van der Waals surface area contributed by atoms with Crippen LogP contribution in [-0.4, -0.2) is 41.1 Å². The number of rotatable bonds is 4. The Bertz CT molecular complexity index is 318. The van der Waals surface area contributed by atoms with E-state index in [-0.39, 0.29) is 0 Å². The van der Waals surface area contributed by atoms with Gasteiger partial charge < -0.3 is 4.74 Å². The minimum absolute atomic E-state index is 0.428. The van der Waals surface area contributed by atoms with Crippen LogP contribution in [0, 0.1) is 0 Å². The van der Waals surface area contributed by atoms with Gasteiger partial charge in [-0.05, 0) is 13.8 Å². The third kappa shape index (κ3) is 3.04. The van der Waals surface area contributed by atoms with E-state index in [9.17, 15) is 0 Å². The van der Waals surface area contributed by atoms with Crippen molar-refractivity contribution in [2.75, 3.05) is 26.3 Å². The Labute approximate surface area is 96.3 Å². The first-order chi connectivity index (χ1) is 7.75. The highest BCUT2D eigenvalue weighted by molar-refractivity contribution is 5.03. The Morgan fingerprint density at radius 3 is 2.81 bits per heavy atom. The molecule has 0 aliphatic carbocycles. The molecule has 0 bridgehead atoms. The lowest BCUT2D eigenvalue weighted by Gasteiger charge is -2.26. The number of nitrogens with one attached hydrogen (secondary N) is 1. The molecule has 1 N–H and O–H groups in total. The van der Waals surface area contributed by atoms with E-state index < -0.39 is 0 Å². The van der Waals surface area contributed by atoms with Crippen LogP contribution in [0.25, 0.3) is 0 Å². The molecule has 0 radical (unpaired) electrons. The molecule has 0 amide bonds. The SMILES string of the molecule is CC(C)n1cc(CNN2CCOCC2)cn1. The summed E-state index contributed by atoms with van der Waals surface area (Å²) >= 11 is 0. The largest absolute Gasteiger partial charge is 0.379 e. The highest BCUT2D eigenvalue weighted by Gasteiger charge is 2.09. The van der Waals surface area contributed by atoms with E-state index in [4.69, 9.17) is 4.74 Å². The van der Waals surface area contributed by atoms with Crippen LogP contribution in [0.3, 0.4) is 0 Å². The van der Waals surface area contributed by atoms with Gasteiger partial charge in [0.05, 0.1) is 19.4 Å². The van der Waals surface area contributed by atoms with Crippen molar-refractivity contribution in [1.29, 1.82) is 0 Å². The molecule has 2 heterocycles. The van der Waals surface area contributed by atoms with Crippen LogP contribution in [0.4, 0.5) is 0 Å². The van der Waals surface area contributed by atoms with Crippen LogP contribution in [0.1, 0.15) is 25.5 Å². The summed E-state index contributed by atoms with van der Waals surface area (Å²) in [5, 5.41) is 6.52. The lowest BCUT2D eigenvalue weighted by molar-refractivity contribution is 0.0105. The molecule has 2 rings (SSSR count). The zero-order valence-electron chi connectivity index (χ0n) is 10.0. The molecular weight excluding hydrogens is 204 g/mol. The molecule has 0 spiro atoms. The number of hydrazine groups is 1. The highest BCUT2D eigenvalue weighted by Crippen LogP contribution is 2.05. The second kappa shape index (κ2) is 5.43. The van der Waals surface area contributed by atoms with Crippen molar-refractivity contribution in [1.82, 2.24) is 20.2 Å². The molecule has 90 valence electrons. The Kier molecular flexibility index (Phi) is 3.93. The predicted molar refractivity (Wildman–Crippen MR) is 61.8 cm³/mol. The van der Waals surface area contributed by atoms with Crippen molar-refractivity contribution in [3.63, 3.8) is 0 Å². The summed E-state index contributed by atoms with van der Waals surface area (Å²) in [6, 6.07) is 0.428. The van der Waals surface area contributed by atoms with Crippen LogP contribution in [0.15, 0.2) is 12.4 Å². The van der Waals surface area contributed by atoms with Crippen LogP contribution in [0.5, 0.6) is 0 Å². The third-order valence-corrected chi connectivity index (χ3v) is 2.70. The molecule has 5 heteroatoms. The topological polar surface area (TPSA) is 42.3 Å². The smallest absolute Gasteiger partial charge is 0.0608 e. The number of morpholine rings is 1. The summed E-state index contributed by atoms with van der Waals surface area (Å²) in [5.74, 6) is 0. The first-order valence-electron chi connectivity index (χ1n) is 5.85.